The van der Waals surface area contributed by atoms with Gasteiger partial charge in [0.25, 0.3) is 0 Å². The molecule has 0 aliphatic rings. The SMILES string of the molecule is CC(C)NC(=O)N=c1ccn(O)c(-c2ccccn2)c1. The molecule has 0 unspecified atom stereocenters. The molecule has 2 aromatic rings. The number of amides is 2. The molecule has 0 saturated heterocycles. The van der Waals surface area contributed by atoms with Crippen LogP contribution in [0.3, 0.4) is 0 Å². The van der Waals surface area contributed by atoms with Gasteiger partial charge in [0.05, 0.1) is 11.1 Å². The van der Waals surface area contributed by atoms with Gasteiger partial charge in [-0.2, -0.15) is 9.72 Å². The molecule has 0 radical (unpaired) electrons. The van der Waals surface area contributed by atoms with Crippen molar-refractivity contribution >= 4 is 6.03 Å². The molecule has 2 N–H and O–H groups in total. The molecule has 0 bridgehead atoms. The summed E-state index contributed by atoms with van der Waals surface area (Å²) in [5.41, 5.74) is 1.06. The Morgan fingerprint density at radius 3 is 2.85 bits per heavy atom. The largest absolute Gasteiger partial charge is 0.428 e. The second-order valence-electron chi connectivity index (χ2n) is 4.55. The van der Waals surface area contributed by atoms with Crippen molar-refractivity contribution in [2.45, 2.75) is 19.9 Å². The van der Waals surface area contributed by atoms with Gasteiger partial charge < -0.3 is 10.5 Å². The van der Waals surface area contributed by atoms with E-state index in [0.29, 0.717) is 16.7 Å². The molecule has 0 spiro atoms. The van der Waals surface area contributed by atoms with Crippen molar-refractivity contribution in [1.29, 1.82) is 0 Å². The molecule has 0 fully saturated rings. The van der Waals surface area contributed by atoms with Gasteiger partial charge in [0.15, 0.2) is 0 Å². The van der Waals surface area contributed by atoms with Crippen LogP contribution in [-0.2, 0) is 0 Å². The van der Waals surface area contributed by atoms with Gasteiger partial charge in [0, 0.05) is 18.4 Å². The zero-order valence-corrected chi connectivity index (χ0v) is 11.3. The van der Waals surface area contributed by atoms with E-state index < -0.39 is 6.03 Å². The van der Waals surface area contributed by atoms with E-state index in [2.05, 4.69) is 15.3 Å². The number of rotatable bonds is 2. The van der Waals surface area contributed by atoms with Crippen LogP contribution in [0.4, 0.5) is 4.79 Å². The summed E-state index contributed by atoms with van der Waals surface area (Å²) in [6, 6.07) is 8.12. The third-order valence-electron chi connectivity index (χ3n) is 2.49. The summed E-state index contributed by atoms with van der Waals surface area (Å²) in [4.78, 5) is 19.7. The van der Waals surface area contributed by atoms with Gasteiger partial charge in [0.2, 0.25) is 0 Å². The molecule has 6 heteroatoms. The molecule has 0 aromatic carbocycles. The van der Waals surface area contributed by atoms with Crippen LogP contribution in [0.25, 0.3) is 11.4 Å². The van der Waals surface area contributed by atoms with Crippen molar-refractivity contribution < 1.29 is 10.0 Å². The average molecular weight is 272 g/mol. The molecule has 6 nitrogen and oxygen atoms in total. The van der Waals surface area contributed by atoms with E-state index in [1.54, 1.807) is 30.5 Å². The summed E-state index contributed by atoms with van der Waals surface area (Å²) in [6.45, 7) is 3.72. The van der Waals surface area contributed by atoms with Gasteiger partial charge in [-0.15, -0.1) is 0 Å². The second kappa shape index (κ2) is 6.01. The number of nitrogens with one attached hydrogen (secondary N) is 1. The Bertz CT molecular complexity index is 662. The fourth-order valence-electron chi connectivity index (χ4n) is 1.65. The predicted octanol–water partition coefficient (Wildman–Crippen LogP) is 1.81. The highest BCUT2D eigenvalue weighted by Gasteiger charge is 2.04. The Morgan fingerprint density at radius 1 is 1.40 bits per heavy atom. The molecule has 2 aromatic heterocycles. The molecule has 2 rings (SSSR count). The Balaban J connectivity index is 2.39. The van der Waals surface area contributed by atoms with Crippen LogP contribution in [0, 0.1) is 0 Å². The maximum absolute atomic E-state index is 11.6. The number of pyridine rings is 2. The average Bonchev–Trinajstić information content (AvgIpc) is 2.41. The lowest BCUT2D eigenvalue weighted by molar-refractivity contribution is 0.188. The normalized spacial score (nSPS) is 11.7. The molecule has 20 heavy (non-hydrogen) atoms. The van der Waals surface area contributed by atoms with Crippen LogP contribution in [0.2, 0.25) is 0 Å². The standard InChI is InChI=1S/C14H16N4O2/c1-10(2)16-14(19)17-11-6-8-18(20)13(9-11)12-5-3-4-7-15-12/h3-10,20H,1-2H3,(H,16,19). The monoisotopic (exact) mass is 272 g/mol. The quantitative estimate of drug-likeness (QED) is 0.818. The van der Waals surface area contributed by atoms with E-state index in [-0.39, 0.29) is 6.04 Å². The maximum atomic E-state index is 11.6. The lowest BCUT2D eigenvalue weighted by Gasteiger charge is -2.06. The van der Waals surface area contributed by atoms with Crippen LogP contribution in [0.15, 0.2) is 47.7 Å². The van der Waals surface area contributed by atoms with E-state index >= 15 is 0 Å². The number of carbonyl (C=O) groups is 1. The first-order valence-electron chi connectivity index (χ1n) is 6.25. The number of hydrogen-bond donors (Lipinski definition) is 2. The number of urea groups is 1. The van der Waals surface area contributed by atoms with E-state index in [1.165, 1.54) is 6.20 Å². The zero-order chi connectivity index (χ0) is 14.5. The summed E-state index contributed by atoms with van der Waals surface area (Å²) >= 11 is 0. The van der Waals surface area contributed by atoms with Gasteiger partial charge in [-0.1, -0.05) is 6.07 Å². The predicted molar refractivity (Wildman–Crippen MR) is 74.1 cm³/mol. The topological polar surface area (TPSA) is 79.5 Å². The minimum absolute atomic E-state index is 0.0213. The minimum Gasteiger partial charge on any atom is -0.428 e. The Hall–Kier alpha value is -2.63. The van der Waals surface area contributed by atoms with Gasteiger partial charge in [-0.05, 0) is 38.1 Å². The van der Waals surface area contributed by atoms with E-state index in [9.17, 15) is 10.0 Å². The zero-order valence-electron chi connectivity index (χ0n) is 11.3. The Kier molecular flexibility index (Phi) is 4.14. The van der Waals surface area contributed by atoms with E-state index in [0.717, 1.165) is 4.73 Å². The first-order chi connectivity index (χ1) is 9.56. The highest BCUT2D eigenvalue weighted by Crippen LogP contribution is 2.12. The molecule has 0 saturated carbocycles. The number of hydrogen-bond acceptors (Lipinski definition) is 3. The molecular weight excluding hydrogens is 256 g/mol. The summed E-state index contributed by atoms with van der Waals surface area (Å²) < 4.78 is 0.946. The highest BCUT2D eigenvalue weighted by molar-refractivity contribution is 5.75. The number of nitrogens with zero attached hydrogens (tertiary/aromatic N) is 3. The van der Waals surface area contributed by atoms with Crippen LogP contribution < -0.4 is 10.7 Å². The number of carbonyl (C=O) groups excluding carboxylic acids is 1. The van der Waals surface area contributed by atoms with Crippen molar-refractivity contribution in [3.63, 3.8) is 0 Å². The summed E-state index contributed by atoms with van der Waals surface area (Å²) in [6.07, 6.45) is 3.05. The van der Waals surface area contributed by atoms with Crippen molar-refractivity contribution in [2.75, 3.05) is 0 Å². The van der Waals surface area contributed by atoms with E-state index in [4.69, 9.17) is 0 Å². The Morgan fingerprint density at radius 2 is 2.20 bits per heavy atom. The lowest BCUT2D eigenvalue weighted by Crippen LogP contribution is -2.29. The van der Waals surface area contributed by atoms with Crippen molar-refractivity contribution in [3.05, 3.63) is 48.1 Å². The first-order valence-corrected chi connectivity index (χ1v) is 6.25. The molecular formula is C14H16N4O2. The molecule has 0 aliphatic heterocycles. The molecule has 104 valence electrons. The fourth-order valence-corrected chi connectivity index (χ4v) is 1.65. The van der Waals surface area contributed by atoms with Gasteiger partial charge in [-0.3, -0.25) is 4.98 Å². The van der Waals surface area contributed by atoms with Crippen molar-refractivity contribution in [3.8, 4) is 11.4 Å². The minimum atomic E-state index is -0.414. The summed E-state index contributed by atoms with van der Waals surface area (Å²) in [5, 5.41) is 12.9. The van der Waals surface area contributed by atoms with Crippen molar-refractivity contribution in [1.82, 2.24) is 15.0 Å². The molecule has 2 amide bonds. The Labute approximate surface area is 116 Å². The summed E-state index contributed by atoms with van der Waals surface area (Å²) in [5.74, 6) is 0. The smallest absolute Gasteiger partial charge is 0.341 e. The first kappa shape index (κ1) is 13.8. The molecule has 0 aliphatic carbocycles. The third kappa shape index (κ3) is 3.44. The van der Waals surface area contributed by atoms with E-state index in [1.807, 2.05) is 19.9 Å². The van der Waals surface area contributed by atoms with Crippen LogP contribution in [-0.4, -0.2) is 27.0 Å². The number of aromatic nitrogens is 2. The third-order valence-corrected chi connectivity index (χ3v) is 2.49. The van der Waals surface area contributed by atoms with Crippen LogP contribution in [0.5, 0.6) is 0 Å². The van der Waals surface area contributed by atoms with Crippen molar-refractivity contribution in [2.24, 2.45) is 4.99 Å². The second-order valence-corrected chi connectivity index (χ2v) is 4.55. The highest BCUT2D eigenvalue weighted by atomic mass is 16.5. The maximum Gasteiger partial charge on any atom is 0.341 e. The lowest BCUT2D eigenvalue weighted by atomic mass is 10.2. The summed E-state index contributed by atoms with van der Waals surface area (Å²) in [7, 11) is 0. The fraction of sp³-hybridized carbons (Fsp3) is 0.214. The molecule has 0 atom stereocenters. The van der Waals surface area contributed by atoms with Crippen LogP contribution >= 0.6 is 0 Å². The molecule has 2 heterocycles. The van der Waals surface area contributed by atoms with Crippen LogP contribution in [0.1, 0.15) is 13.8 Å². The van der Waals surface area contributed by atoms with Gasteiger partial charge >= 0.3 is 6.03 Å². The van der Waals surface area contributed by atoms with Gasteiger partial charge in [-0.25, -0.2) is 4.79 Å². The van der Waals surface area contributed by atoms with Gasteiger partial charge in [0.1, 0.15) is 5.69 Å².